The molecule has 0 aromatic heterocycles. The van der Waals surface area contributed by atoms with Gasteiger partial charge in [0, 0.05) is 22.9 Å². The van der Waals surface area contributed by atoms with Crippen LogP contribution in [0.5, 0.6) is 11.5 Å². The van der Waals surface area contributed by atoms with Crippen LogP contribution in [0.1, 0.15) is 16.7 Å². The van der Waals surface area contributed by atoms with Gasteiger partial charge >= 0.3 is 6.18 Å². The molecule has 0 radical (unpaired) electrons. The van der Waals surface area contributed by atoms with Gasteiger partial charge in [-0.25, -0.2) is 0 Å². The monoisotopic (exact) mass is 339 g/mol. The third-order valence-electron chi connectivity index (χ3n) is 3.91. The molecule has 8 heteroatoms. The molecule has 1 aliphatic heterocycles. The number of hydrogen-bond acceptors (Lipinski definition) is 4. The molecule has 1 unspecified atom stereocenters. The van der Waals surface area contributed by atoms with Crippen molar-refractivity contribution in [2.75, 3.05) is 12.4 Å². The molecule has 1 heterocycles. The number of phenols is 1. The highest BCUT2D eigenvalue weighted by molar-refractivity contribution is 6.07. The van der Waals surface area contributed by atoms with Crippen molar-refractivity contribution >= 4 is 11.6 Å². The number of nitrogens with one attached hydrogen (secondary N) is 1. The second-order valence-corrected chi connectivity index (χ2v) is 5.31. The van der Waals surface area contributed by atoms with Gasteiger partial charge in [-0.1, -0.05) is 6.07 Å². The van der Waals surface area contributed by atoms with E-state index in [0.717, 1.165) is 18.2 Å². The highest BCUT2D eigenvalue weighted by Gasteiger charge is 2.49. The lowest BCUT2D eigenvalue weighted by Gasteiger charge is -2.23. The van der Waals surface area contributed by atoms with Crippen molar-refractivity contribution in [3.63, 3.8) is 0 Å². The second kappa shape index (κ2) is 5.13. The maximum atomic E-state index is 12.8. The van der Waals surface area contributed by atoms with Gasteiger partial charge in [0.2, 0.25) is 0 Å². The maximum Gasteiger partial charge on any atom is 0.416 e. The predicted octanol–water partition coefficient (Wildman–Crippen LogP) is 2.61. The molecule has 5 nitrogen and oxygen atoms in total. The number of anilines is 1. The lowest BCUT2D eigenvalue weighted by Crippen LogP contribution is -2.35. The SMILES string of the molecule is COc1ccc(C2(O)C(=O)Nc3cc(C(F)(F)F)ccc32)c(O)c1. The third kappa shape index (κ3) is 2.26. The van der Waals surface area contributed by atoms with E-state index in [1.54, 1.807) is 0 Å². The van der Waals surface area contributed by atoms with Crippen molar-refractivity contribution in [2.24, 2.45) is 0 Å². The lowest BCUT2D eigenvalue weighted by atomic mass is 9.86. The number of carbonyl (C=O) groups is 1. The Morgan fingerprint density at radius 2 is 1.79 bits per heavy atom. The smallest absolute Gasteiger partial charge is 0.416 e. The van der Waals surface area contributed by atoms with Crippen LogP contribution in [0.4, 0.5) is 18.9 Å². The average molecular weight is 339 g/mol. The molecule has 1 amide bonds. The van der Waals surface area contributed by atoms with Crippen LogP contribution >= 0.6 is 0 Å². The van der Waals surface area contributed by atoms with Gasteiger partial charge in [-0.3, -0.25) is 4.79 Å². The number of amides is 1. The second-order valence-electron chi connectivity index (χ2n) is 5.31. The molecule has 3 rings (SSSR count). The molecule has 0 saturated carbocycles. The van der Waals surface area contributed by atoms with E-state index in [-0.39, 0.29) is 16.8 Å². The van der Waals surface area contributed by atoms with Crippen LogP contribution in [0.15, 0.2) is 36.4 Å². The van der Waals surface area contributed by atoms with E-state index >= 15 is 0 Å². The molecular formula is C16H12F3NO4. The van der Waals surface area contributed by atoms with Crippen LogP contribution < -0.4 is 10.1 Å². The van der Waals surface area contributed by atoms with E-state index in [2.05, 4.69) is 5.32 Å². The summed E-state index contributed by atoms with van der Waals surface area (Å²) in [5.41, 5.74) is -3.63. The fourth-order valence-corrected chi connectivity index (χ4v) is 2.69. The van der Waals surface area contributed by atoms with Crippen LogP contribution in [-0.4, -0.2) is 23.2 Å². The largest absolute Gasteiger partial charge is 0.507 e. The Morgan fingerprint density at radius 1 is 1.12 bits per heavy atom. The number of alkyl halides is 3. The topological polar surface area (TPSA) is 78.8 Å². The Labute approximate surface area is 134 Å². The number of aromatic hydroxyl groups is 1. The van der Waals surface area contributed by atoms with E-state index < -0.39 is 29.0 Å². The fourth-order valence-electron chi connectivity index (χ4n) is 2.69. The number of benzene rings is 2. The number of rotatable bonds is 2. The summed E-state index contributed by atoms with van der Waals surface area (Å²) in [5.74, 6) is -1.07. The number of methoxy groups -OCH3 is 1. The number of hydrogen-bond donors (Lipinski definition) is 3. The van der Waals surface area contributed by atoms with Gasteiger partial charge in [-0.15, -0.1) is 0 Å². The van der Waals surface area contributed by atoms with Gasteiger partial charge < -0.3 is 20.3 Å². The molecule has 0 bridgehead atoms. The summed E-state index contributed by atoms with van der Waals surface area (Å²) in [5, 5.41) is 23.1. The summed E-state index contributed by atoms with van der Waals surface area (Å²) in [6, 6.07) is 6.42. The summed E-state index contributed by atoms with van der Waals surface area (Å²) in [4.78, 5) is 12.2. The first-order valence-corrected chi connectivity index (χ1v) is 6.81. The summed E-state index contributed by atoms with van der Waals surface area (Å²) < 4.78 is 43.3. The third-order valence-corrected chi connectivity index (χ3v) is 3.91. The van der Waals surface area contributed by atoms with E-state index in [1.807, 2.05) is 0 Å². The molecular weight excluding hydrogens is 327 g/mol. The minimum atomic E-state index is -4.58. The van der Waals surface area contributed by atoms with Gasteiger partial charge in [0.25, 0.3) is 5.91 Å². The standard InChI is InChI=1S/C16H12F3NO4/c1-24-9-3-5-11(13(21)7-9)15(23)10-4-2-8(16(17,18)19)6-12(10)20-14(15)22/h2-7,21,23H,1H3,(H,20,22). The molecule has 2 aromatic carbocycles. The molecule has 1 aliphatic rings. The van der Waals surface area contributed by atoms with Gasteiger partial charge in [-0.05, 0) is 24.3 Å². The van der Waals surface area contributed by atoms with Crippen molar-refractivity contribution in [1.82, 2.24) is 0 Å². The fraction of sp³-hybridized carbons (Fsp3) is 0.188. The van der Waals surface area contributed by atoms with E-state index in [0.29, 0.717) is 5.75 Å². The molecule has 1 atom stereocenters. The Hall–Kier alpha value is -2.74. The summed E-state index contributed by atoms with van der Waals surface area (Å²) >= 11 is 0. The van der Waals surface area contributed by atoms with Crippen molar-refractivity contribution in [3.8, 4) is 11.5 Å². The van der Waals surface area contributed by atoms with Crippen molar-refractivity contribution in [1.29, 1.82) is 0 Å². The van der Waals surface area contributed by atoms with Gasteiger partial charge in [0.15, 0.2) is 5.60 Å². The maximum absolute atomic E-state index is 12.8. The van der Waals surface area contributed by atoms with Crippen molar-refractivity contribution < 1.29 is 32.9 Å². The molecule has 0 aliphatic carbocycles. The number of carbonyl (C=O) groups excluding carboxylic acids is 1. The van der Waals surface area contributed by atoms with Crippen LogP contribution in [-0.2, 0) is 16.6 Å². The lowest BCUT2D eigenvalue weighted by molar-refractivity contribution is -0.137. The molecule has 0 spiro atoms. The number of fused-ring (bicyclic) bond motifs is 1. The van der Waals surface area contributed by atoms with E-state index in [4.69, 9.17) is 4.74 Å². The summed E-state index contributed by atoms with van der Waals surface area (Å²) in [7, 11) is 1.37. The van der Waals surface area contributed by atoms with Crippen molar-refractivity contribution in [2.45, 2.75) is 11.8 Å². The minimum Gasteiger partial charge on any atom is -0.507 e. The Balaban J connectivity index is 2.15. The highest BCUT2D eigenvalue weighted by atomic mass is 19.4. The van der Waals surface area contributed by atoms with Crippen molar-refractivity contribution in [3.05, 3.63) is 53.1 Å². The average Bonchev–Trinajstić information content (AvgIpc) is 2.77. The number of phenolic OH excluding ortho intramolecular Hbond substituents is 1. The Morgan fingerprint density at radius 3 is 2.38 bits per heavy atom. The highest BCUT2D eigenvalue weighted by Crippen LogP contribution is 2.46. The van der Waals surface area contributed by atoms with Gasteiger partial charge in [0.05, 0.1) is 12.7 Å². The number of ether oxygens (including phenoxy) is 1. The molecule has 3 N–H and O–H groups in total. The Bertz CT molecular complexity index is 835. The van der Waals surface area contributed by atoms with Crippen LogP contribution in [0.25, 0.3) is 0 Å². The van der Waals surface area contributed by atoms with Gasteiger partial charge in [0.1, 0.15) is 11.5 Å². The molecule has 126 valence electrons. The van der Waals surface area contributed by atoms with Crippen LogP contribution in [0.2, 0.25) is 0 Å². The number of halogens is 3. The van der Waals surface area contributed by atoms with E-state index in [9.17, 15) is 28.2 Å². The summed E-state index contributed by atoms with van der Waals surface area (Å²) in [6.45, 7) is 0. The molecule has 0 fully saturated rings. The zero-order valence-electron chi connectivity index (χ0n) is 12.3. The van der Waals surface area contributed by atoms with Crippen LogP contribution in [0.3, 0.4) is 0 Å². The Kier molecular flexibility index (Phi) is 3.45. The first-order chi connectivity index (χ1) is 11.2. The normalized spacial score (nSPS) is 19.8. The number of aliphatic hydroxyl groups is 1. The molecule has 2 aromatic rings. The van der Waals surface area contributed by atoms with E-state index in [1.165, 1.54) is 25.3 Å². The molecule has 0 saturated heterocycles. The summed E-state index contributed by atoms with van der Waals surface area (Å²) in [6.07, 6.45) is -4.58. The first kappa shape index (κ1) is 16.1. The van der Waals surface area contributed by atoms with Gasteiger partial charge in [-0.2, -0.15) is 13.2 Å². The zero-order valence-corrected chi connectivity index (χ0v) is 12.3. The zero-order chi connectivity index (χ0) is 17.7. The molecule has 24 heavy (non-hydrogen) atoms. The van der Waals surface area contributed by atoms with Crippen LogP contribution in [0, 0.1) is 0 Å². The first-order valence-electron chi connectivity index (χ1n) is 6.81. The minimum absolute atomic E-state index is 0.0685. The predicted molar refractivity (Wildman–Crippen MR) is 77.7 cm³/mol. The quantitative estimate of drug-likeness (QED) is 0.786.